The van der Waals surface area contributed by atoms with Crippen molar-refractivity contribution in [2.75, 3.05) is 6.61 Å². The lowest BCUT2D eigenvalue weighted by Gasteiger charge is -2.11. The minimum Gasteiger partial charge on any atom is -0.483 e. The molecule has 142 valence electrons. The van der Waals surface area contributed by atoms with Gasteiger partial charge in [-0.1, -0.05) is 18.2 Å². The van der Waals surface area contributed by atoms with Crippen LogP contribution in [0.2, 0.25) is 0 Å². The first kappa shape index (κ1) is 18.9. The third-order valence-electron chi connectivity index (χ3n) is 4.45. The molecule has 7 heteroatoms. The highest BCUT2D eigenvalue weighted by Crippen LogP contribution is 2.33. The van der Waals surface area contributed by atoms with Crippen molar-refractivity contribution in [3.8, 4) is 5.75 Å². The molecule has 4 nitrogen and oxygen atoms in total. The summed E-state index contributed by atoms with van der Waals surface area (Å²) in [6, 6.07) is 8.53. The molecule has 1 amide bonds. The molecule has 0 aromatic heterocycles. The minimum atomic E-state index is -4.42. The number of aryl methyl sites for hydroxylation is 1. The van der Waals surface area contributed by atoms with E-state index in [-0.39, 0.29) is 12.2 Å². The molecule has 1 aliphatic rings. The van der Waals surface area contributed by atoms with E-state index in [0.717, 1.165) is 43.2 Å². The lowest BCUT2D eigenvalue weighted by molar-refractivity contribution is -0.137. The van der Waals surface area contributed by atoms with Crippen LogP contribution >= 0.6 is 0 Å². The fourth-order valence-corrected chi connectivity index (χ4v) is 3.14. The topological polar surface area (TPSA) is 50.7 Å². The van der Waals surface area contributed by atoms with Crippen molar-refractivity contribution in [2.45, 2.75) is 32.4 Å². The SMILES string of the molecule is Cc1ccc(OCC(=O)NN=Cc2cccc(C(F)(F)F)c2)c2c1CCC2. The van der Waals surface area contributed by atoms with E-state index in [2.05, 4.69) is 17.5 Å². The number of hydrogen-bond acceptors (Lipinski definition) is 3. The molecule has 3 rings (SSSR count). The van der Waals surface area contributed by atoms with Gasteiger partial charge in [-0.15, -0.1) is 0 Å². The summed E-state index contributed by atoms with van der Waals surface area (Å²) in [7, 11) is 0. The van der Waals surface area contributed by atoms with Crippen LogP contribution in [0.15, 0.2) is 41.5 Å². The molecule has 0 radical (unpaired) electrons. The van der Waals surface area contributed by atoms with Crippen molar-refractivity contribution in [1.82, 2.24) is 5.43 Å². The minimum absolute atomic E-state index is 0.213. The molecule has 27 heavy (non-hydrogen) atoms. The van der Waals surface area contributed by atoms with E-state index in [1.54, 1.807) is 0 Å². The third kappa shape index (κ3) is 4.67. The maximum Gasteiger partial charge on any atom is 0.416 e. The number of nitrogens with zero attached hydrogens (tertiary/aromatic N) is 1. The number of amides is 1. The Hall–Kier alpha value is -2.83. The monoisotopic (exact) mass is 376 g/mol. The largest absolute Gasteiger partial charge is 0.483 e. The molecule has 2 aromatic carbocycles. The van der Waals surface area contributed by atoms with Crippen LogP contribution in [-0.4, -0.2) is 18.7 Å². The number of benzene rings is 2. The van der Waals surface area contributed by atoms with Gasteiger partial charge in [0.05, 0.1) is 11.8 Å². The van der Waals surface area contributed by atoms with Crippen LogP contribution in [0.5, 0.6) is 5.75 Å². The number of hydrazone groups is 1. The van der Waals surface area contributed by atoms with Crippen LogP contribution < -0.4 is 10.2 Å². The zero-order valence-electron chi connectivity index (χ0n) is 14.8. The predicted octanol–water partition coefficient (Wildman–Crippen LogP) is 4.03. The Balaban J connectivity index is 1.55. The van der Waals surface area contributed by atoms with E-state index in [1.807, 2.05) is 12.1 Å². The fourth-order valence-electron chi connectivity index (χ4n) is 3.14. The quantitative estimate of drug-likeness (QED) is 0.633. The van der Waals surface area contributed by atoms with Crippen molar-refractivity contribution >= 4 is 12.1 Å². The summed E-state index contributed by atoms with van der Waals surface area (Å²) in [5, 5.41) is 3.69. The Morgan fingerprint density at radius 3 is 2.78 bits per heavy atom. The van der Waals surface area contributed by atoms with Crippen LogP contribution in [0, 0.1) is 6.92 Å². The number of nitrogens with one attached hydrogen (secondary N) is 1. The Morgan fingerprint density at radius 2 is 2.00 bits per heavy atom. The molecule has 0 saturated heterocycles. The Labute approximate surface area is 155 Å². The summed E-state index contributed by atoms with van der Waals surface area (Å²) in [6.45, 7) is 1.85. The van der Waals surface area contributed by atoms with E-state index < -0.39 is 17.6 Å². The molecule has 0 heterocycles. The van der Waals surface area contributed by atoms with E-state index in [4.69, 9.17) is 4.74 Å². The average molecular weight is 376 g/mol. The predicted molar refractivity (Wildman–Crippen MR) is 95.9 cm³/mol. The first-order valence-corrected chi connectivity index (χ1v) is 8.58. The lowest BCUT2D eigenvalue weighted by Crippen LogP contribution is -2.24. The summed E-state index contributed by atoms with van der Waals surface area (Å²) in [4.78, 5) is 11.9. The van der Waals surface area contributed by atoms with E-state index in [1.165, 1.54) is 23.3 Å². The van der Waals surface area contributed by atoms with Crippen LogP contribution in [0.25, 0.3) is 0 Å². The molecule has 1 aliphatic carbocycles. The zero-order chi connectivity index (χ0) is 19.4. The second kappa shape index (κ2) is 7.82. The second-order valence-electron chi connectivity index (χ2n) is 6.40. The number of halogens is 3. The number of carbonyl (C=O) groups is 1. The van der Waals surface area contributed by atoms with Crippen molar-refractivity contribution in [3.05, 3.63) is 64.2 Å². The van der Waals surface area contributed by atoms with Gasteiger partial charge in [0.25, 0.3) is 5.91 Å². The molecule has 0 atom stereocenters. The van der Waals surface area contributed by atoms with E-state index >= 15 is 0 Å². The first-order chi connectivity index (χ1) is 12.8. The van der Waals surface area contributed by atoms with Gasteiger partial charge in [0.15, 0.2) is 6.61 Å². The van der Waals surface area contributed by atoms with Crippen LogP contribution in [0.4, 0.5) is 13.2 Å². The van der Waals surface area contributed by atoms with Gasteiger partial charge in [0.2, 0.25) is 0 Å². The van der Waals surface area contributed by atoms with Gasteiger partial charge in [-0.05, 0) is 66.6 Å². The van der Waals surface area contributed by atoms with E-state index in [0.29, 0.717) is 5.75 Å². The summed E-state index contributed by atoms with van der Waals surface area (Å²) in [6.07, 6.45) is -0.233. The molecule has 0 spiro atoms. The van der Waals surface area contributed by atoms with Crippen molar-refractivity contribution in [1.29, 1.82) is 0 Å². The highest BCUT2D eigenvalue weighted by Gasteiger charge is 2.30. The molecule has 0 saturated carbocycles. The van der Waals surface area contributed by atoms with Gasteiger partial charge in [-0.2, -0.15) is 18.3 Å². The van der Waals surface area contributed by atoms with Gasteiger partial charge >= 0.3 is 6.18 Å². The van der Waals surface area contributed by atoms with Gasteiger partial charge in [0.1, 0.15) is 5.75 Å². The standard InChI is InChI=1S/C20H19F3N2O2/c1-13-8-9-18(17-7-3-6-16(13)17)27-12-19(26)25-24-11-14-4-2-5-15(10-14)20(21,22)23/h2,4-5,8-11H,3,6-7,12H2,1H3,(H,25,26). The molecule has 0 aliphatic heterocycles. The molecule has 1 N–H and O–H groups in total. The van der Waals surface area contributed by atoms with Gasteiger partial charge in [-0.3, -0.25) is 4.79 Å². The van der Waals surface area contributed by atoms with Gasteiger partial charge < -0.3 is 4.74 Å². The number of ether oxygens (including phenoxy) is 1. The normalized spacial score (nSPS) is 13.6. The summed E-state index contributed by atoms with van der Waals surface area (Å²) >= 11 is 0. The highest BCUT2D eigenvalue weighted by atomic mass is 19.4. The first-order valence-electron chi connectivity index (χ1n) is 8.58. The summed E-state index contributed by atoms with van der Waals surface area (Å²) < 4.78 is 43.6. The average Bonchev–Trinajstić information content (AvgIpc) is 3.12. The number of rotatable bonds is 5. The second-order valence-corrected chi connectivity index (χ2v) is 6.40. The molecule has 0 fully saturated rings. The molecular formula is C20H19F3N2O2. The summed E-state index contributed by atoms with van der Waals surface area (Å²) in [5.74, 6) is 0.218. The van der Waals surface area contributed by atoms with Crippen molar-refractivity contribution in [3.63, 3.8) is 0 Å². The zero-order valence-corrected chi connectivity index (χ0v) is 14.8. The van der Waals surface area contributed by atoms with Crippen molar-refractivity contribution < 1.29 is 22.7 Å². The third-order valence-corrected chi connectivity index (χ3v) is 4.45. The summed E-state index contributed by atoms with van der Waals surface area (Å²) in [5.41, 5.74) is 5.39. The maximum absolute atomic E-state index is 12.7. The maximum atomic E-state index is 12.7. The number of carbonyl (C=O) groups excluding carboxylic acids is 1. The van der Waals surface area contributed by atoms with Crippen molar-refractivity contribution in [2.24, 2.45) is 5.10 Å². The van der Waals surface area contributed by atoms with Crippen LogP contribution in [-0.2, 0) is 23.8 Å². The van der Waals surface area contributed by atoms with Gasteiger partial charge in [0, 0.05) is 0 Å². The van der Waals surface area contributed by atoms with E-state index in [9.17, 15) is 18.0 Å². The Bertz CT molecular complexity index is 876. The number of alkyl halides is 3. The molecule has 2 aromatic rings. The van der Waals surface area contributed by atoms with Gasteiger partial charge in [-0.25, -0.2) is 5.43 Å². The smallest absolute Gasteiger partial charge is 0.416 e. The highest BCUT2D eigenvalue weighted by molar-refractivity contribution is 5.83. The lowest BCUT2D eigenvalue weighted by atomic mass is 10.0. The van der Waals surface area contributed by atoms with Crippen LogP contribution in [0.3, 0.4) is 0 Å². The Morgan fingerprint density at radius 1 is 1.22 bits per heavy atom. The molecular weight excluding hydrogens is 357 g/mol. The fraction of sp³-hybridized carbons (Fsp3) is 0.300. The number of hydrogen-bond donors (Lipinski definition) is 1. The Kier molecular flexibility index (Phi) is 5.48. The number of fused-ring (bicyclic) bond motifs is 1. The van der Waals surface area contributed by atoms with Crippen LogP contribution in [0.1, 0.15) is 34.2 Å². The molecule has 0 bridgehead atoms. The molecule has 0 unspecified atom stereocenters.